The van der Waals surface area contributed by atoms with Crippen LogP contribution in [0.1, 0.15) is 61.3 Å². The lowest BCUT2D eigenvalue weighted by Gasteiger charge is -2.45. The number of terminal acetylenes is 1. The molecule has 0 aromatic carbocycles. The summed E-state index contributed by atoms with van der Waals surface area (Å²) in [4.78, 5) is 0. The highest BCUT2D eigenvalue weighted by molar-refractivity contribution is 6.74. The molecule has 0 radical (unpaired) electrons. The standard InChI is InChI=1S/C21H42O2Si2/c1-14-16-18(22-24(10,11)19(3,4)5)17-21(9,15-2)23-25(12,13)20(6,7)8/h1,15,18H,2,16-17H2,3-13H3/t18-,21+/m0/s1. The lowest BCUT2D eigenvalue weighted by atomic mass is 9.97. The summed E-state index contributed by atoms with van der Waals surface area (Å²) in [5.41, 5.74) is -0.424. The minimum atomic E-state index is -1.91. The Bertz CT molecular complexity index is 489. The van der Waals surface area contributed by atoms with Gasteiger partial charge < -0.3 is 8.85 Å². The third-order valence-electron chi connectivity index (χ3n) is 5.97. The lowest BCUT2D eigenvalue weighted by molar-refractivity contribution is 0.0554. The molecule has 0 amide bonds. The van der Waals surface area contributed by atoms with Gasteiger partial charge in [0.05, 0.1) is 11.7 Å². The van der Waals surface area contributed by atoms with Crippen molar-refractivity contribution in [3.8, 4) is 12.3 Å². The largest absolute Gasteiger partial charge is 0.413 e. The van der Waals surface area contributed by atoms with Crippen LogP contribution in [-0.2, 0) is 8.85 Å². The Hall–Kier alpha value is -0.346. The summed E-state index contributed by atoms with van der Waals surface area (Å²) in [6.45, 7) is 28.8. The van der Waals surface area contributed by atoms with Crippen LogP contribution in [0.4, 0.5) is 0 Å². The number of rotatable bonds is 8. The first kappa shape index (κ1) is 24.7. The van der Waals surface area contributed by atoms with E-state index in [2.05, 4.69) is 87.2 Å². The van der Waals surface area contributed by atoms with Gasteiger partial charge in [-0.2, -0.15) is 0 Å². The molecule has 2 atom stereocenters. The van der Waals surface area contributed by atoms with Crippen LogP contribution >= 0.6 is 0 Å². The first-order valence-electron chi connectivity index (χ1n) is 9.36. The summed E-state index contributed by atoms with van der Waals surface area (Å²) in [7, 11) is -3.80. The van der Waals surface area contributed by atoms with Crippen LogP contribution in [0.3, 0.4) is 0 Å². The molecule has 146 valence electrons. The average molecular weight is 383 g/mol. The van der Waals surface area contributed by atoms with E-state index in [0.717, 1.165) is 6.42 Å². The summed E-state index contributed by atoms with van der Waals surface area (Å²) in [5.74, 6) is 2.80. The predicted molar refractivity (Wildman–Crippen MR) is 117 cm³/mol. The van der Waals surface area contributed by atoms with Gasteiger partial charge in [-0.15, -0.1) is 18.9 Å². The van der Waals surface area contributed by atoms with Crippen molar-refractivity contribution in [3.63, 3.8) is 0 Å². The summed E-state index contributed by atoms with van der Waals surface area (Å²) >= 11 is 0. The van der Waals surface area contributed by atoms with Gasteiger partial charge in [-0.3, -0.25) is 0 Å². The van der Waals surface area contributed by atoms with Crippen LogP contribution in [0.2, 0.25) is 36.3 Å². The summed E-state index contributed by atoms with van der Waals surface area (Å²) < 4.78 is 13.3. The summed E-state index contributed by atoms with van der Waals surface area (Å²) in [6.07, 6.45) is 8.93. The molecule has 0 aliphatic heterocycles. The Balaban J connectivity index is 5.46. The van der Waals surface area contributed by atoms with E-state index in [4.69, 9.17) is 15.3 Å². The molecule has 4 heteroatoms. The van der Waals surface area contributed by atoms with Gasteiger partial charge in [0.15, 0.2) is 16.6 Å². The highest BCUT2D eigenvalue weighted by atomic mass is 28.4. The lowest BCUT2D eigenvalue weighted by Crippen LogP contribution is -2.50. The molecule has 0 rings (SSSR count). The highest BCUT2D eigenvalue weighted by Crippen LogP contribution is 2.42. The molecular formula is C21H42O2Si2. The van der Waals surface area contributed by atoms with Crippen molar-refractivity contribution < 1.29 is 8.85 Å². The van der Waals surface area contributed by atoms with Gasteiger partial charge in [-0.1, -0.05) is 47.6 Å². The Morgan fingerprint density at radius 3 is 1.72 bits per heavy atom. The fourth-order valence-corrected chi connectivity index (χ4v) is 5.23. The van der Waals surface area contributed by atoms with Gasteiger partial charge in [0.25, 0.3) is 0 Å². The van der Waals surface area contributed by atoms with E-state index in [1.54, 1.807) is 0 Å². The van der Waals surface area contributed by atoms with E-state index in [0.29, 0.717) is 6.42 Å². The molecule has 0 unspecified atom stereocenters. The Kier molecular flexibility index (Phi) is 8.01. The minimum Gasteiger partial charge on any atom is -0.413 e. The van der Waals surface area contributed by atoms with Crippen LogP contribution in [-0.4, -0.2) is 28.3 Å². The molecule has 0 aromatic rings. The Morgan fingerprint density at radius 1 is 0.960 bits per heavy atom. The second-order valence-corrected chi connectivity index (χ2v) is 20.0. The molecule has 2 nitrogen and oxygen atoms in total. The smallest absolute Gasteiger partial charge is 0.193 e. The molecule has 0 heterocycles. The molecule has 0 saturated carbocycles. The quantitative estimate of drug-likeness (QED) is 0.262. The minimum absolute atomic E-state index is 0.00124. The SMILES string of the molecule is C#CC[C@@H](C[C@@](C)(C=C)O[Si](C)(C)C(C)(C)C)O[Si](C)(C)C(C)(C)C. The van der Waals surface area contributed by atoms with Crippen LogP contribution in [0.5, 0.6) is 0 Å². The van der Waals surface area contributed by atoms with Crippen LogP contribution in [0.15, 0.2) is 12.7 Å². The highest BCUT2D eigenvalue weighted by Gasteiger charge is 2.44. The molecule has 0 N–H and O–H groups in total. The van der Waals surface area contributed by atoms with Crippen LogP contribution in [0.25, 0.3) is 0 Å². The van der Waals surface area contributed by atoms with E-state index in [1.165, 1.54) is 0 Å². The second-order valence-electron chi connectivity index (χ2n) is 10.5. The number of hydrogen-bond acceptors (Lipinski definition) is 2. The topological polar surface area (TPSA) is 18.5 Å². The maximum absolute atomic E-state index is 6.70. The Labute approximate surface area is 160 Å². The molecular weight excluding hydrogens is 340 g/mol. The van der Waals surface area contributed by atoms with Gasteiger partial charge in [0.1, 0.15) is 0 Å². The number of hydrogen-bond donors (Lipinski definition) is 0. The van der Waals surface area contributed by atoms with Crippen molar-refractivity contribution in [1.82, 2.24) is 0 Å². The van der Waals surface area contributed by atoms with Crippen molar-refractivity contribution in [3.05, 3.63) is 12.7 Å². The van der Waals surface area contributed by atoms with E-state index in [1.807, 2.05) is 6.08 Å². The maximum Gasteiger partial charge on any atom is 0.193 e. The molecule has 0 aliphatic carbocycles. The van der Waals surface area contributed by atoms with E-state index >= 15 is 0 Å². The van der Waals surface area contributed by atoms with Crippen LogP contribution in [0, 0.1) is 12.3 Å². The zero-order chi connectivity index (χ0) is 20.3. The predicted octanol–water partition coefficient (Wildman–Crippen LogP) is 6.76. The van der Waals surface area contributed by atoms with Gasteiger partial charge in [-0.05, 0) is 43.2 Å². The Morgan fingerprint density at radius 2 is 1.40 bits per heavy atom. The zero-order valence-corrected chi connectivity index (χ0v) is 20.7. The summed E-state index contributed by atoms with van der Waals surface area (Å²) in [6, 6.07) is 0. The van der Waals surface area contributed by atoms with E-state index in [-0.39, 0.29) is 16.2 Å². The third kappa shape index (κ3) is 7.05. The summed E-state index contributed by atoms with van der Waals surface area (Å²) in [5, 5.41) is 0.309. The maximum atomic E-state index is 6.70. The normalized spacial score (nSPS) is 17.5. The second kappa shape index (κ2) is 8.12. The van der Waals surface area contributed by atoms with E-state index < -0.39 is 22.2 Å². The molecule has 25 heavy (non-hydrogen) atoms. The van der Waals surface area contributed by atoms with Gasteiger partial charge in [-0.25, -0.2) is 0 Å². The van der Waals surface area contributed by atoms with E-state index in [9.17, 15) is 0 Å². The third-order valence-corrected chi connectivity index (χ3v) is 15.1. The molecule has 0 bridgehead atoms. The van der Waals surface area contributed by atoms with Crippen molar-refractivity contribution in [2.24, 2.45) is 0 Å². The molecule has 0 spiro atoms. The van der Waals surface area contributed by atoms with Gasteiger partial charge in [0.2, 0.25) is 0 Å². The first-order chi connectivity index (χ1) is 10.9. The van der Waals surface area contributed by atoms with Crippen molar-refractivity contribution in [2.75, 3.05) is 0 Å². The zero-order valence-electron chi connectivity index (χ0n) is 18.7. The fraction of sp³-hybridized carbons (Fsp3) is 0.810. The van der Waals surface area contributed by atoms with Gasteiger partial charge >= 0.3 is 0 Å². The molecule has 0 fully saturated rings. The van der Waals surface area contributed by atoms with Crippen molar-refractivity contribution in [1.29, 1.82) is 0 Å². The first-order valence-corrected chi connectivity index (χ1v) is 15.2. The van der Waals surface area contributed by atoms with Crippen LogP contribution < -0.4 is 0 Å². The molecule has 0 aliphatic rings. The molecule has 0 aromatic heterocycles. The molecule has 0 saturated heterocycles. The monoisotopic (exact) mass is 382 g/mol. The van der Waals surface area contributed by atoms with Crippen molar-refractivity contribution in [2.45, 2.75) is 109 Å². The fourth-order valence-electron chi connectivity index (χ4n) is 2.24. The van der Waals surface area contributed by atoms with Crippen molar-refractivity contribution >= 4 is 16.6 Å². The van der Waals surface area contributed by atoms with Gasteiger partial charge in [0, 0.05) is 12.8 Å². The average Bonchev–Trinajstić information content (AvgIpc) is 2.34.